The number of carbonyl (C=O) groups is 2. The van der Waals surface area contributed by atoms with E-state index >= 15 is 0 Å². The van der Waals surface area contributed by atoms with Crippen LogP contribution >= 0.6 is 0 Å². The quantitative estimate of drug-likeness (QED) is 0.833. The molecule has 5 heteroatoms. The molecule has 138 valence electrons. The molecule has 0 aliphatic carbocycles. The number of anilines is 2. The van der Waals surface area contributed by atoms with Gasteiger partial charge in [0.05, 0.1) is 6.42 Å². The van der Waals surface area contributed by atoms with E-state index in [1.54, 1.807) is 4.90 Å². The number of amides is 2. The third-order valence-corrected chi connectivity index (χ3v) is 4.16. The maximum absolute atomic E-state index is 12.1. The lowest BCUT2D eigenvalue weighted by Crippen LogP contribution is -2.38. The number of nitrogens with one attached hydrogen (secondary N) is 1. The van der Waals surface area contributed by atoms with Crippen molar-refractivity contribution in [3.63, 3.8) is 0 Å². The van der Waals surface area contributed by atoms with Gasteiger partial charge in [-0.2, -0.15) is 0 Å². The van der Waals surface area contributed by atoms with Gasteiger partial charge in [-0.1, -0.05) is 29.8 Å². The van der Waals surface area contributed by atoms with Gasteiger partial charge in [0.25, 0.3) is 0 Å². The van der Waals surface area contributed by atoms with E-state index in [1.165, 1.54) is 6.92 Å². The maximum Gasteiger partial charge on any atom is 0.224 e. The van der Waals surface area contributed by atoms with Gasteiger partial charge in [-0.05, 0) is 36.8 Å². The molecule has 5 nitrogen and oxygen atoms in total. The second-order valence-corrected chi connectivity index (χ2v) is 6.60. The maximum atomic E-state index is 12.1. The number of nitrogens with zero attached hydrogens (tertiary/aromatic N) is 2. The van der Waals surface area contributed by atoms with Crippen molar-refractivity contribution in [2.45, 2.75) is 20.3 Å². The second kappa shape index (κ2) is 9.04. The van der Waals surface area contributed by atoms with E-state index in [0.717, 1.165) is 22.5 Å². The van der Waals surface area contributed by atoms with Crippen molar-refractivity contribution < 1.29 is 9.59 Å². The summed E-state index contributed by atoms with van der Waals surface area (Å²) in [5, 5.41) is 2.89. The van der Waals surface area contributed by atoms with Crippen LogP contribution in [0, 0.1) is 6.92 Å². The van der Waals surface area contributed by atoms with Gasteiger partial charge < -0.3 is 15.1 Å². The summed E-state index contributed by atoms with van der Waals surface area (Å²) in [6.45, 7) is 4.40. The summed E-state index contributed by atoms with van der Waals surface area (Å²) >= 11 is 0. The highest BCUT2D eigenvalue weighted by atomic mass is 16.2. The van der Waals surface area contributed by atoms with Crippen molar-refractivity contribution in [3.05, 3.63) is 59.7 Å². The third-order valence-electron chi connectivity index (χ3n) is 4.16. The molecule has 0 spiro atoms. The van der Waals surface area contributed by atoms with Crippen LogP contribution in [0.3, 0.4) is 0 Å². The molecule has 0 heterocycles. The summed E-state index contributed by atoms with van der Waals surface area (Å²) in [5.41, 5.74) is 4.03. The molecule has 2 aromatic carbocycles. The normalized spacial score (nSPS) is 10.3. The molecule has 0 unspecified atom stereocenters. The minimum Gasteiger partial charge on any atom is -0.378 e. The Kier molecular flexibility index (Phi) is 6.78. The van der Waals surface area contributed by atoms with E-state index in [4.69, 9.17) is 0 Å². The summed E-state index contributed by atoms with van der Waals surface area (Å²) in [5.74, 6) is -0.0856. The highest BCUT2D eigenvalue weighted by Crippen LogP contribution is 2.19. The van der Waals surface area contributed by atoms with Crippen LogP contribution < -0.4 is 15.1 Å². The molecule has 2 aromatic rings. The Labute approximate surface area is 155 Å². The second-order valence-electron chi connectivity index (χ2n) is 6.60. The minimum absolute atomic E-state index is 0.0398. The zero-order valence-corrected chi connectivity index (χ0v) is 16.0. The lowest BCUT2D eigenvalue weighted by molar-refractivity contribution is -0.121. The van der Waals surface area contributed by atoms with E-state index in [2.05, 4.69) is 5.32 Å². The molecule has 0 radical (unpaired) electrons. The minimum atomic E-state index is -0.0458. The highest BCUT2D eigenvalue weighted by molar-refractivity contribution is 5.91. The van der Waals surface area contributed by atoms with Crippen LogP contribution in [0.1, 0.15) is 18.1 Å². The molecule has 0 bridgehead atoms. The van der Waals surface area contributed by atoms with Crippen molar-refractivity contribution in [3.8, 4) is 0 Å². The van der Waals surface area contributed by atoms with E-state index < -0.39 is 0 Å². The summed E-state index contributed by atoms with van der Waals surface area (Å²) in [4.78, 5) is 27.8. The van der Waals surface area contributed by atoms with Crippen LogP contribution in [0.4, 0.5) is 11.4 Å². The number of rotatable bonds is 7. The fraction of sp³-hybridized carbons (Fsp3) is 0.333. The topological polar surface area (TPSA) is 52.7 Å². The van der Waals surface area contributed by atoms with Crippen molar-refractivity contribution >= 4 is 23.2 Å². The zero-order chi connectivity index (χ0) is 19.1. The van der Waals surface area contributed by atoms with Gasteiger partial charge in [0, 0.05) is 45.5 Å². The lowest BCUT2D eigenvalue weighted by atomic mass is 10.1. The first-order valence-corrected chi connectivity index (χ1v) is 8.74. The largest absolute Gasteiger partial charge is 0.378 e. The van der Waals surface area contributed by atoms with Crippen molar-refractivity contribution in [1.29, 1.82) is 0 Å². The number of hydrogen-bond donors (Lipinski definition) is 1. The number of carbonyl (C=O) groups excluding carboxylic acids is 2. The Bertz CT molecular complexity index is 754. The smallest absolute Gasteiger partial charge is 0.224 e. The molecule has 0 fully saturated rings. The molecular formula is C21H27N3O2. The van der Waals surface area contributed by atoms with Crippen LogP contribution in [-0.4, -0.2) is 39.0 Å². The van der Waals surface area contributed by atoms with E-state index in [-0.39, 0.29) is 11.8 Å². The van der Waals surface area contributed by atoms with Crippen molar-refractivity contribution in [2.24, 2.45) is 0 Å². The van der Waals surface area contributed by atoms with Crippen LogP contribution in [-0.2, 0) is 16.0 Å². The van der Waals surface area contributed by atoms with Crippen LogP contribution in [0.2, 0.25) is 0 Å². The molecule has 1 N–H and O–H groups in total. The van der Waals surface area contributed by atoms with Gasteiger partial charge in [0.2, 0.25) is 11.8 Å². The predicted octanol–water partition coefficient (Wildman–Crippen LogP) is 2.77. The molecule has 0 saturated carbocycles. The van der Waals surface area contributed by atoms with E-state index in [1.807, 2.05) is 74.4 Å². The number of aryl methyl sites for hydroxylation is 1. The summed E-state index contributed by atoms with van der Waals surface area (Å²) < 4.78 is 0. The monoisotopic (exact) mass is 353 g/mol. The fourth-order valence-electron chi connectivity index (χ4n) is 2.78. The van der Waals surface area contributed by atoms with Crippen LogP contribution in [0.5, 0.6) is 0 Å². The third kappa shape index (κ3) is 5.62. The molecule has 0 aliphatic rings. The first-order valence-electron chi connectivity index (χ1n) is 8.74. The Morgan fingerprint density at radius 1 is 1.00 bits per heavy atom. The lowest BCUT2D eigenvalue weighted by Gasteiger charge is -2.22. The van der Waals surface area contributed by atoms with Gasteiger partial charge >= 0.3 is 0 Å². The standard InChI is InChI=1S/C21H27N3O2/c1-16-6-5-7-18(14-16)15-21(26)22-12-13-24(17(2)25)20-10-8-19(9-11-20)23(3)4/h5-11,14H,12-13,15H2,1-4H3,(H,22,26). The molecule has 2 amide bonds. The SMILES string of the molecule is CC(=O)N(CCNC(=O)Cc1cccc(C)c1)c1ccc(N(C)C)cc1. The number of hydrogen-bond acceptors (Lipinski definition) is 3. The van der Waals surface area contributed by atoms with Crippen molar-refractivity contribution in [2.75, 3.05) is 37.0 Å². The van der Waals surface area contributed by atoms with Crippen LogP contribution in [0.25, 0.3) is 0 Å². The van der Waals surface area contributed by atoms with Gasteiger partial charge in [-0.25, -0.2) is 0 Å². The average Bonchev–Trinajstić information content (AvgIpc) is 2.58. The first-order chi connectivity index (χ1) is 12.4. The van der Waals surface area contributed by atoms with Crippen LogP contribution in [0.15, 0.2) is 48.5 Å². The average molecular weight is 353 g/mol. The molecule has 0 aliphatic heterocycles. The van der Waals surface area contributed by atoms with Gasteiger partial charge in [-0.15, -0.1) is 0 Å². The Balaban J connectivity index is 1.90. The fourth-order valence-corrected chi connectivity index (χ4v) is 2.78. The molecular weight excluding hydrogens is 326 g/mol. The van der Waals surface area contributed by atoms with Gasteiger partial charge in [0.1, 0.15) is 0 Å². The summed E-state index contributed by atoms with van der Waals surface area (Å²) in [7, 11) is 3.95. The van der Waals surface area contributed by atoms with E-state index in [9.17, 15) is 9.59 Å². The Hall–Kier alpha value is -2.82. The Morgan fingerprint density at radius 3 is 2.23 bits per heavy atom. The predicted molar refractivity (Wildman–Crippen MR) is 107 cm³/mol. The van der Waals surface area contributed by atoms with Gasteiger partial charge in [0.15, 0.2) is 0 Å². The molecule has 2 rings (SSSR count). The molecule has 26 heavy (non-hydrogen) atoms. The first kappa shape index (κ1) is 19.5. The number of benzene rings is 2. The van der Waals surface area contributed by atoms with Crippen molar-refractivity contribution in [1.82, 2.24) is 5.32 Å². The summed E-state index contributed by atoms with van der Waals surface area (Å²) in [6.07, 6.45) is 0.347. The molecule has 0 aromatic heterocycles. The highest BCUT2D eigenvalue weighted by Gasteiger charge is 2.12. The zero-order valence-electron chi connectivity index (χ0n) is 16.0. The summed E-state index contributed by atoms with van der Waals surface area (Å²) in [6, 6.07) is 15.7. The van der Waals surface area contributed by atoms with E-state index in [0.29, 0.717) is 19.5 Å². The molecule has 0 atom stereocenters. The van der Waals surface area contributed by atoms with Gasteiger partial charge in [-0.3, -0.25) is 9.59 Å². The Morgan fingerprint density at radius 2 is 1.65 bits per heavy atom. The molecule has 0 saturated heterocycles.